The van der Waals surface area contributed by atoms with Gasteiger partial charge in [0.15, 0.2) is 0 Å². The summed E-state index contributed by atoms with van der Waals surface area (Å²) in [5.74, 6) is 6.52. The van der Waals surface area contributed by atoms with Crippen LogP contribution in [0, 0.1) is 11.8 Å². The number of benzene rings is 1. The zero-order chi connectivity index (χ0) is 17.9. The van der Waals surface area contributed by atoms with Crippen LogP contribution in [0.15, 0.2) is 24.3 Å². The Hall–Kier alpha value is -1.26. The van der Waals surface area contributed by atoms with Crippen molar-refractivity contribution in [2.24, 2.45) is 0 Å². The Bertz CT molecular complexity index is 394. The minimum Gasteiger partial charge on any atom is -0.313 e. The monoisotopic (exact) mass is 317 g/mol. The fraction of sp³-hybridized carbons (Fsp3) is 0.636. The zero-order valence-electron chi connectivity index (χ0n) is 16.6. The van der Waals surface area contributed by atoms with E-state index >= 15 is 0 Å². The van der Waals surface area contributed by atoms with E-state index in [0.717, 1.165) is 12.0 Å². The van der Waals surface area contributed by atoms with Crippen LogP contribution >= 0.6 is 0 Å². The second-order valence-electron chi connectivity index (χ2n) is 5.10. The summed E-state index contributed by atoms with van der Waals surface area (Å²) in [6, 6.07) is 8.96. The van der Waals surface area contributed by atoms with E-state index in [1.807, 2.05) is 34.7 Å². The molecule has 1 rings (SSSR count). The van der Waals surface area contributed by atoms with E-state index in [9.17, 15) is 0 Å². The van der Waals surface area contributed by atoms with Crippen LogP contribution < -0.4 is 5.32 Å². The Morgan fingerprint density at radius 2 is 1.48 bits per heavy atom. The number of hydrogen-bond acceptors (Lipinski definition) is 1. The van der Waals surface area contributed by atoms with Gasteiger partial charge in [0.25, 0.3) is 0 Å². The smallest absolute Gasteiger partial charge is 0.0289 e. The van der Waals surface area contributed by atoms with Crippen LogP contribution in [-0.2, 0) is 0 Å². The summed E-state index contributed by atoms with van der Waals surface area (Å²) in [5, 5.41) is 3.24. The lowest BCUT2D eigenvalue weighted by molar-refractivity contribution is 0.641. The predicted octanol–water partition coefficient (Wildman–Crippen LogP) is 6.73. The van der Waals surface area contributed by atoms with Gasteiger partial charge in [-0.15, -0.1) is 0 Å². The zero-order valence-corrected chi connectivity index (χ0v) is 16.6. The molecule has 23 heavy (non-hydrogen) atoms. The van der Waals surface area contributed by atoms with Gasteiger partial charge < -0.3 is 5.32 Å². The average molecular weight is 318 g/mol. The molecule has 0 heterocycles. The summed E-state index contributed by atoms with van der Waals surface area (Å²) in [7, 11) is 1.98. The van der Waals surface area contributed by atoms with Crippen LogP contribution in [0.5, 0.6) is 0 Å². The van der Waals surface area contributed by atoms with E-state index < -0.39 is 0 Å². The van der Waals surface area contributed by atoms with E-state index in [1.165, 1.54) is 37.7 Å². The van der Waals surface area contributed by atoms with Gasteiger partial charge in [0.2, 0.25) is 0 Å². The Balaban J connectivity index is 0. The quantitative estimate of drug-likeness (QED) is 0.434. The van der Waals surface area contributed by atoms with Crippen LogP contribution in [0.3, 0.4) is 0 Å². The molecule has 0 aromatic heterocycles. The minimum atomic E-state index is 0.403. The van der Waals surface area contributed by atoms with Gasteiger partial charge in [-0.05, 0) is 38.1 Å². The summed E-state index contributed by atoms with van der Waals surface area (Å²) < 4.78 is 0. The normalized spacial score (nSPS) is 10.2. The molecule has 0 saturated carbocycles. The largest absolute Gasteiger partial charge is 0.313 e. The Kier molecular flexibility index (Phi) is 19.6. The second-order valence-corrected chi connectivity index (χ2v) is 5.10. The summed E-state index contributed by atoms with van der Waals surface area (Å²) in [6.45, 7) is 12.4. The summed E-state index contributed by atoms with van der Waals surface area (Å²) in [4.78, 5) is 0. The highest BCUT2D eigenvalue weighted by Gasteiger charge is 2.00. The molecule has 0 spiro atoms. The fourth-order valence-corrected chi connectivity index (χ4v) is 2.00. The highest BCUT2D eigenvalue weighted by molar-refractivity contribution is 5.36. The standard InChI is InChI=1S/C18H27N.2C2H6/c1-4-5-6-7-8-9-10-11-17-12-14-18(15-13-17)16(2)19-3;2*1-2/h12-16,19H,4-9H2,1-3H3;2*1-2H3. The molecule has 1 unspecified atom stereocenters. The fourth-order valence-electron chi connectivity index (χ4n) is 2.00. The third-order valence-electron chi connectivity index (χ3n) is 3.48. The van der Waals surface area contributed by atoms with Crippen LogP contribution in [-0.4, -0.2) is 7.05 Å². The van der Waals surface area contributed by atoms with Gasteiger partial charge in [0.1, 0.15) is 0 Å². The molecule has 0 fully saturated rings. The molecule has 0 amide bonds. The molecule has 0 aliphatic rings. The van der Waals surface area contributed by atoms with Crippen LogP contribution in [0.4, 0.5) is 0 Å². The number of hydrogen-bond donors (Lipinski definition) is 1. The predicted molar refractivity (Wildman–Crippen MR) is 107 cm³/mol. The van der Waals surface area contributed by atoms with Crippen LogP contribution in [0.2, 0.25) is 0 Å². The Morgan fingerprint density at radius 1 is 0.913 bits per heavy atom. The molecule has 1 aromatic carbocycles. The maximum Gasteiger partial charge on any atom is 0.0289 e. The van der Waals surface area contributed by atoms with Crippen LogP contribution in [0.1, 0.15) is 97.2 Å². The van der Waals surface area contributed by atoms with Crippen molar-refractivity contribution in [3.63, 3.8) is 0 Å². The molecular formula is C22H39N. The summed E-state index contributed by atoms with van der Waals surface area (Å²) in [6.07, 6.45) is 7.61. The molecule has 0 saturated heterocycles. The van der Waals surface area contributed by atoms with E-state index in [2.05, 4.69) is 55.3 Å². The molecule has 0 aliphatic carbocycles. The lowest BCUT2D eigenvalue weighted by Gasteiger charge is -2.09. The molecule has 0 bridgehead atoms. The van der Waals surface area contributed by atoms with Gasteiger partial charge in [-0.3, -0.25) is 0 Å². The minimum absolute atomic E-state index is 0.403. The van der Waals surface area contributed by atoms with Crippen molar-refractivity contribution in [3.8, 4) is 11.8 Å². The van der Waals surface area contributed by atoms with E-state index in [4.69, 9.17) is 0 Å². The first-order valence-corrected chi connectivity index (χ1v) is 9.54. The van der Waals surface area contributed by atoms with Crippen molar-refractivity contribution < 1.29 is 0 Å². The average Bonchev–Trinajstić information content (AvgIpc) is 2.64. The molecule has 0 aliphatic heterocycles. The first-order valence-electron chi connectivity index (χ1n) is 9.54. The molecule has 132 valence electrons. The maximum absolute atomic E-state index is 3.28. The van der Waals surface area contributed by atoms with Crippen molar-refractivity contribution in [2.45, 2.75) is 86.1 Å². The van der Waals surface area contributed by atoms with Crippen molar-refractivity contribution in [3.05, 3.63) is 35.4 Å². The Morgan fingerprint density at radius 3 is 2.00 bits per heavy atom. The van der Waals surface area contributed by atoms with Crippen molar-refractivity contribution in [2.75, 3.05) is 7.05 Å². The topological polar surface area (TPSA) is 12.0 Å². The second kappa shape index (κ2) is 18.8. The third kappa shape index (κ3) is 12.9. The highest BCUT2D eigenvalue weighted by Crippen LogP contribution is 2.12. The Labute approximate surface area is 146 Å². The van der Waals surface area contributed by atoms with Gasteiger partial charge in [-0.25, -0.2) is 0 Å². The lowest BCUT2D eigenvalue weighted by Crippen LogP contribution is -2.11. The van der Waals surface area contributed by atoms with Crippen LogP contribution in [0.25, 0.3) is 0 Å². The van der Waals surface area contributed by atoms with Crippen molar-refractivity contribution >= 4 is 0 Å². The van der Waals surface area contributed by atoms with Gasteiger partial charge in [-0.1, -0.05) is 84.3 Å². The summed E-state index contributed by atoms with van der Waals surface area (Å²) >= 11 is 0. The maximum atomic E-state index is 3.28. The van der Waals surface area contributed by atoms with E-state index in [-0.39, 0.29) is 0 Å². The van der Waals surface area contributed by atoms with Crippen molar-refractivity contribution in [1.29, 1.82) is 0 Å². The molecule has 1 atom stereocenters. The number of unbranched alkanes of at least 4 members (excludes halogenated alkanes) is 5. The van der Waals surface area contributed by atoms with Gasteiger partial charge >= 0.3 is 0 Å². The first kappa shape index (κ1) is 24.0. The number of rotatable bonds is 7. The van der Waals surface area contributed by atoms with Crippen molar-refractivity contribution in [1.82, 2.24) is 5.32 Å². The molecule has 1 nitrogen and oxygen atoms in total. The number of nitrogens with one attached hydrogen (secondary N) is 1. The molecule has 1 aromatic rings. The molecule has 1 N–H and O–H groups in total. The molecular weight excluding hydrogens is 278 g/mol. The molecule has 0 radical (unpaired) electrons. The van der Waals surface area contributed by atoms with E-state index in [1.54, 1.807) is 0 Å². The molecule has 1 heteroatoms. The highest BCUT2D eigenvalue weighted by atomic mass is 14.8. The first-order chi connectivity index (χ1) is 11.3. The summed E-state index contributed by atoms with van der Waals surface area (Å²) in [5.41, 5.74) is 2.44. The third-order valence-corrected chi connectivity index (χ3v) is 3.48. The van der Waals surface area contributed by atoms with Gasteiger partial charge in [-0.2, -0.15) is 0 Å². The van der Waals surface area contributed by atoms with Gasteiger partial charge in [0, 0.05) is 18.0 Å². The lowest BCUT2D eigenvalue weighted by atomic mass is 10.1. The van der Waals surface area contributed by atoms with E-state index in [0.29, 0.717) is 6.04 Å². The van der Waals surface area contributed by atoms with Gasteiger partial charge in [0.05, 0.1) is 0 Å². The SMILES string of the molecule is CC.CC.CCCCCCCC#Cc1ccc(C(C)NC)cc1.